The Morgan fingerprint density at radius 1 is 1.24 bits per heavy atom. The highest BCUT2D eigenvalue weighted by atomic mass is 35.5. The first-order chi connectivity index (χ1) is 12.0. The maximum atomic E-state index is 9.93. The van der Waals surface area contributed by atoms with Crippen LogP contribution in [0.1, 0.15) is 31.2 Å². The quantitative estimate of drug-likeness (QED) is 0.823. The minimum absolute atomic E-state index is 0.0574. The van der Waals surface area contributed by atoms with Crippen molar-refractivity contribution in [3.8, 4) is 18.2 Å². The number of halogens is 1. The second-order valence-electron chi connectivity index (χ2n) is 6.81. The molecule has 4 nitrogen and oxygen atoms in total. The molecule has 0 bridgehead atoms. The smallest absolute Gasteiger partial charge is 0.191 e. The average molecular weight is 349 g/mol. The molecule has 2 N–H and O–H groups in total. The van der Waals surface area contributed by atoms with Crippen LogP contribution in [-0.4, -0.2) is 0 Å². The molecule has 0 aromatic heterocycles. The molecule has 2 aliphatic carbocycles. The number of rotatable bonds is 1. The highest BCUT2D eigenvalue weighted by Gasteiger charge is 2.54. The minimum atomic E-state index is -1.57. The Bertz CT molecular complexity index is 893. The van der Waals surface area contributed by atoms with E-state index in [0.29, 0.717) is 16.5 Å². The van der Waals surface area contributed by atoms with Gasteiger partial charge in [-0.25, -0.2) is 0 Å². The van der Waals surface area contributed by atoms with E-state index in [0.717, 1.165) is 24.0 Å². The first-order valence-corrected chi connectivity index (χ1v) is 8.55. The van der Waals surface area contributed by atoms with Gasteiger partial charge in [-0.05, 0) is 47.9 Å². The van der Waals surface area contributed by atoms with Crippen LogP contribution in [0.3, 0.4) is 0 Å². The second-order valence-corrected chi connectivity index (χ2v) is 7.24. The van der Waals surface area contributed by atoms with Gasteiger partial charge in [0.1, 0.15) is 6.07 Å². The van der Waals surface area contributed by atoms with E-state index in [1.54, 1.807) is 12.1 Å². The van der Waals surface area contributed by atoms with E-state index in [2.05, 4.69) is 25.1 Å². The number of allylic oxidation sites excluding steroid dienone is 4. The Kier molecular flexibility index (Phi) is 4.30. The summed E-state index contributed by atoms with van der Waals surface area (Å²) in [5.74, 6) is -0.152. The Labute approximate surface area is 152 Å². The fourth-order valence-electron chi connectivity index (χ4n) is 4.15. The Hall–Kier alpha value is -2.74. The van der Waals surface area contributed by atoms with Crippen molar-refractivity contribution in [2.45, 2.75) is 25.7 Å². The van der Waals surface area contributed by atoms with E-state index in [-0.39, 0.29) is 11.6 Å². The van der Waals surface area contributed by atoms with Crippen LogP contribution in [0.5, 0.6) is 0 Å². The van der Waals surface area contributed by atoms with Gasteiger partial charge in [-0.1, -0.05) is 36.7 Å². The number of benzene rings is 1. The van der Waals surface area contributed by atoms with Crippen LogP contribution < -0.4 is 5.73 Å². The predicted octanol–water partition coefficient (Wildman–Crippen LogP) is 4.18. The van der Waals surface area contributed by atoms with E-state index >= 15 is 0 Å². The first-order valence-electron chi connectivity index (χ1n) is 8.17. The molecule has 1 aromatic rings. The van der Waals surface area contributed by atoms with Crippen LogP contribution in [0.25, 0.3) is 0 Å². The number of fused-ring (bicyclic) bond motifs is 1. The highest BCUT2D eigenvalue weighted by Crippen LogP contribution is 2.56. The molecule has 3 atom stereocenters. The number of nitrogens with two attached hydrogens (primary N) is 1. The first kappa shape index (κ1) is 17.1. The molecular weight excluding hydrogens is 332 g/mol. The standard InChI is InChI=1S/C20H17ClN4/c1-12-5-6-15-16(7-12)18(13-3-2-4-14(21)8-13)20(10-23,11-24)19(25)17(15)9-22/h2-4,6,8,12,16,18H,5,7,25H2,1H3/t12-,16+,18-/m0/s1. The fraction of sp³-hybridized carbons (Fsp3) is 0.350. The van der Waals surface area contributed by atoms with Crippen molar-refractivity contribution in [1.82, 2.24) is 0 Å². The third-order valence-electron chi connectivity index (χ3n) is 5.32. The molecule has 0 amide bonds. The molecule has 2 aliphatic rings. The summed E-state index contributed by atoms with van der Waals surface area (Å²) < 4.78 is 0. The summed E-state index contributed by atoms with van der Waals surface area (Å²) in [5, 5.41) is 30.0. The lowest BCUT2D eigenvalue weighted by molar-refractivity contribution is 0.284. The molecule has 3 rings (SSSR count). The topological polar surface area (TPSA) is 97.4 Å². The molecule has 0 saturated carbocycles. The predicted molar refractivity (Wildman–Crippen MR) is 94.6 cm³/mol. The molecule has 0 radical (unpaired) electrons. The second kappa shape index (κ2) is 6.29. The van der Waals surface area contributed by atoms with Crippen molar-refractivity contribution >= 4 is 11.6 Å². The summed E-state index contributed by atoms with van der Waals surface area (Å²) >= 11 is 6.16. The van der Waals surface area contributed by atoms with E-state index in [4.69, 9.17) is 17.3 Å². The molecule has 124 valence electrons. The van der Waals surface area contributed by atoms with Crippen molar-refractivity contribution in [2.75, 3.05) is 0 Å². The largest absolute Gasteiger partial charge is 0.399 e. The van der Waals surface area contributed by atoms with E-state index in [1.165, 1.54) is 0 Å². The highest BCUT2D eigenvalue weighted by molar-refractivity contribution is 6.30. The van der Waals surface area contributed by atoms with Crippen molar-refractivity contribution in [3.05, 3.63) is 57.8 Å². The van der Waals surface area contributed by atoms with Gasteiger partial charge in [0.2, 0.25) is 0 Å². The van der Waals surface area contributed by atoms with Gasteiger partial charge in [0.05, 0.1) is 23.4 Å². The maximum Gasteiger partial charge on any atom is 0.191 e. The molecule has 0 aliphatic heterocycles. The Balaban J connectivity index is 2.34. The molecule has 5 heteroatoms. The normalized spacial score (nSPS) is 27.3. The van der Waals surface area contributed by atoms with E-state index < -0.39 is 11.3 Å². The van der Waals surface area contributed by atoms with Gasteiger partial charge in [0.15, 0.2) is 5.41 Å². The molecule has 0 unspecified atom stereocenters. The van der Waals surface area contributed by atoms with Crippen LogP contribution in [-0.2, 0) is 0 Å². The SMILES string of the molecule is C[C@H]1CC=C2C(C#N)=C(N)C(C#N)(C#N)[C@@H](c3cccc(Cl)c3)[C@@H]2C1. The number of hydrogen-bond donors (Lipinski definition) is 1. The van der Waals surface area contributed by atoms with Gasteiger partial charge in [-0.3, -0.25) is 0 Å². The van der Waals surface area contributed by atoms with Crippen LogP contribution in [0.15, 0.2) is 47.2 Å². The van der Waals surface area contributed by atoms with Crippen molar-refractivity contribution in [2.24, 2.45) is 23.0 Å². The molecule has 25 heavy (non-hydrogen) atoms. The molecule has 0 saturated heterocycles. The van der Waals surface area contributed by atoms with Gasteiger partial charge in [-0.15, -0.1) is 0 Å². The van der Waals surface area contributed by atoms with Gasteiger partial charge in [0.25, 0.3) is 0 Å². The monoisotopic (exact) mass is 348 g/mol. The van der Waals surface area contributed by atoms with Crippen molar-refractivity contribution in [1.29, 1.82) is 15.8 Å². The molecular formula is C20H17ClN4. The third-order valence-corrected chi connectivity index (χ3v) is 5.56. The molecule has 1 aromatic carbocycles. The van der Waals surface area contributed by atoms with Crippen LogP contribution in [0, 0.1) is 51.2 Å². The van der Waals surface area contributed by atoms with Gasteiger partial charge < -0.3 is 5.73 Å². The lowest BCUT2D eigenvalue weighted by Crippen LogP contribution is -2.43. The maximum absolute atomic E-state index is 9.93. The summed E-state index contributed by atoms with van der Waals surface area (Å²) in [7, 11) is 0. The van der Waals surface area contributed by atoms with Crippen molar-refractivity contribution < 1.29 is 0 Å². The molecule has 0 heterocycles. The lowest BCUT2D eigenvalue weighted by atomic mass is 9.56. The summed E-state index contributed by atoms with van der Waals surface area (Å²) in [5.41, 5.74) is 6.68. The third kappa shape index (κ3) is 2.49. The van der Waals surface area contributed by atoms with Crippen molar-refractivity contribution in [3.63, 3.8) is 0 Å². The Morgan fingerprint density at radius 3 is 2.56 bits per heavy atom. The zero-order valence-corrected chi connectivity index (χ0v) is 14.6. The summed E-state index contributed by atoms with van der Waals surface area (Å²) in [4.78, 5) is 0. The minimum Gasteiger partial charge on any atom is -0.399 e. The molecule has 0 fully saturated rings. The summed E-state index contributed by atoms with van der Waals surface area (Å²) in [6.45, 7) is 2.14. The summed E-state index contributed by atoms with van der Waals surface area (Å²) in [6, 6.07) is 13.6. The fourth-order valence-corrected chi connectivity index (χ4v) is 4.35. The van der Waals surface area contributed by atoms with Crippen LogP contribution in [0.4, 0.5) is 0 Å². The van der Waals surface area contributed by atoms with E-state index in [1.807, 2.05) is 18.2 Å². The number of nitriles is 3. The number of hydrogen-bond acceptors (Lipinski definition) is 4. The molecule has 0 spiro atoms. The summed E-state index contributed by atoms with van der Waals surface area (Å²) in [6.07, 6.45) is 3.70. The Morgan fingerprint density at radius 2 is 1.96 bits per heavy atom. The van der Waals surface area contributed by atoms with Gasteiger partial charge >= 0.3 is 0 Å². The van der Waals surface area contributed by atoms with Crippen LogP contribution >= 0.6 is 11.6 Å². The average Bonchev–Trinajstić information content (AvgIpc) is 2.61. The zero-order chi connectivity index (χ0) is 18.2. The van der Waals surface area contributed by atoms with Gasteiger partial charge in [0, 0.05) is 10.9 Å². The zero-order valence-electron chi connectivity index (χ0n) is 13.8. The van der Waals surface area contributed by atoms with Crippen LogP contribution in [0.2, 0.25) is 5.02 Å². The van der Waals surface area contributed by atoms with E-state index in [9.17, 15) is 15.8 Å². The van der Waals surface area contributed by atoms with Gasteiger partial charge in [-0.2, -0.15) is 15.8 Å². The number of nitrogens with zero attached hydrogens (tertiary/aromatic N) is 3. The lowest BCUT2D eigenvalue weighted by Gasteiger charge is -2.44.